The lowest BCUT2D eigenvalue weighted by Crippen LogP contribution is -2.65. The number of carboxylic acid groups (broad SMARTS) is 1. The highest BCUT2D eigenvalue weighted by atomic mass is 16.5. The van der Waals surface area contributed by atoms with Crippen LogP contribution < -0.4 is 0 Å². The highest BCUT2D eigenvalue weighted by Gasteiger charge is 2.70. The largest absolute Gasteiger partial charge is 0.478 e. The minimum atomic E-state index is -0.953. The molecule has 37 heavy (non-hydrogen) atoms. The summed E-state index contributed by atoms with van der Waals surface area (Å²) in [7, 11) is 0. The van der Waals surface area contributed by atoms with Crippen LogP contribution in [0.3, 0.4) is 0 Å². The molecule has 4 saturated carbocycles. The number of carboxylic acids is 1. The average Bonchev–Trinajstić information content (AvgIpc) is 3.05. The fourth-order valence-corrected chi connectivity index (χ4v) is 9.79. The van der Waals surface area contributed by atoms with E-state index in [1.54, 1.807) is 0 Å². The summed E-state index contributed by atoms with van der Waals surface area (Å²) in [5.41, 5.74) is 1.57. The van der Waals surface area contributed by atoms with E-state index in [4.69, 9.17) is 4.74 Å². The Balaban J connectivity index is 1.82. The molecule has 4 aliphatic rings. The van der Waals surface area contributed by atoms with Crippen LogP contribution in [0.25, 0.3) is 0 Å². The lowest BCUT2D eigenvalue weighted by atomic mass is 9.36. The number of aliphatic hydroxyl groups is 2. The van der Waals surface area contributed by atoms with Gasteiger partial charge in [-0.15, -0.1) is 0 Å². The Labute approximate surface area is 222 Å². The van der Waals surface area contributed by atoms with E-state index in [1.165, 1.54) is 6.92 Å². The number of fused-ring (bicyclic) bond motifs is 5. The molecule has 3 N–H and O–H groups in total. The SMILES string of the molecule is CC(=O)O[C@H]1C[C@@]2(C)[C@@H](C[C@@H](O)[C@H]3[C@@]4(C)CC[C@@H](O)[C@@H](C)[C@@H]4CC[C@@]32C)C1=C(CCC=C(C)C)C(=O)O. The Hall–Kier alpha value is -1.66. The first-order valence-corrected chi connectivity index (χ1v) is 14.3. The molecule has 0 aromatic carbocycles. The van der Waals surface area contributed by atoms with Crippen molar-refractivity contribution in [2.24, 2.45) is 39.9 Å². The van der Waals surface area contributed by atoms with Crippen LogP contribution in [0.15, 0.2) is 22.8 Å². The maximum atomic E-state index is 12.6. The Kier molecular flexibility index (Phi) is 7.53. The predicted molar refractivity (Wildman–Crippen MR) is 143 cm³/mol. The van der Waals surface area contributed by atoms with Gasteiger partial charge in [0.05, 0.1) is 12.2 Å². The van der Waals surface area contributed by atoms with Gasteiger partial charge in [-0.2, -0.15) is 0 Å². The third-order valence-electron chi connectivity index (χ3n) is 11.6. The second kappa shape index (κ2) is 9.82. The zero-order valence-electron chi connectivity index (χ0n) is 23.8. The summed E-state index contributed by atoms with van der Waals surface area (Å²) in [6.45, 7) is 14.5. The minimum Gasteiger partial charge on any atom is -0.478 e. The van der Waals surface area contributed by atoms with Gasteiger partial charge in [0.25, 0.3) is 0 Å². The second-order valence-electron chi connectivity index (χ2n) is 13.6. The van der Waals surface area contributed by atoms with Crippen LogP contribution in [0.4, 0.5) is 0 Å². The van der Waals surface area contributed by atoms with Gasteiger partial charge in [0, 0.05) is 12.5 Å². The van der Waals surface area contributed by atoms with Crippen LogP contribution in [0.1, 0.15) is 99.8 Å². The molecule has 10 atom stereocenters. The predicted octanol–water partition coefficient (Wildman–Crippen LogP) is 5.67. The molecule has 0 amide bonds. The fourth-order valence-electron chi connectivity index (χ4n) is 9.79. The summed E-state index contributed by atoms with van der Waals surface area (Å²) in [4.78, 5) is 24.8. The van der Waals surface area contributed by atoms with Gasteiger partial charge in [0.2, 0.25) is 0 Å². The van der Waals surface area contributed by atoms with E-state index in [1.807, 2.05) is 19.9 Å². The van der Waals surface area contributed by atoms with Gasteiger partial charge in [-0.1, -0.05) is 39.3 Å². The molecule has 0 aromatic heterocycles. The number of rotatable bonds is 5. The highest BCUT2D eigenvalue weighted by molar-refractivity contribution is 5.88. The zero-order valence-corrected chi connectivity index (χ0v) is 23.8. The molecule has 4 rings (SSSR count). The number of aliphatic hydroxyl groups excluding tert-OH is 2. The average molecular weight is 517 g/mol. The molecule has 0 aliphatic heterocycles. The number of carbonyl (C=O) groups is 2. The van der Waals surface area contributed by atoms with Gasteiger partial charge in [-0.3, -0.25) is 4.79 Å². The normalized spacial score (nSPS) is 46.2. The zero-order chi connectivity index (χ0) is 27.5. The Morgan fingerprint density at radius 2 is 1.70 bits per heavy atom. The molecule has 0 saturated heterocycles. The third-order valence-corrected chi connectivity index (χ3v) is 11.6. The Bertz CT molecular complexity index is 994. The van der Waals surface area contributed by atoms with Crippen molar-refractivity contribution >= 4 is 11.9 Å². The van der Waals surface area contributed by atoms with E-state index >= 15 is 0 Å². The van der Waals surface area contributed by atoms with Crippen molar-refractivity contribution in [3.05, 3.63) is 22.8 Å². The molecule has 6 nitrogen and oxygen atoms in total. The van der Waals surface area contributed by atoms with Crippen LogP contribution in [-0.2, 0) is 14.3 Å². The third kappa shape index (κ3) is 4.40. The monoisotopic (exact) mass is 516 g/mol. The number of hydrogen-bond donors (Lipinski definition) is 3. The van der Waals surface area contributed by atoms with Gasteiger partial charge >= 0.3 is 11.9 Å². The van der Waals surface area contributed by atoms with Crippen LogP contribution in [0.5, 0.6) is 0 Å². The first-order valence-electron chi connectivity index (χ1n) is 14.3. The highest BCUT2D eigenvalue weighted by Crippen LogP contribution is 2.74. The number of hydrogen-bond acceptors (Lipinski definition) is 5. The van der Waals surface area contributed by atoms with Crippen molar-refractivity contribution in [2.45, 2.75) is 118 Å². The van der Waals surface area contributed by atoms with Crippen LogP contribution in [-0.4, -0.2) is 45.6 Å². The first kappa shape index (κ1) is 28.4. The van der Waals surface area contributed by atoms with E-state index in [0.29, 0.717) is 37.2 Å². The summed E-state index contributed by atoms with van der Waals surface area (Å²) >= 11 is 0. The lowest BCUT2D eigenvalue weighted by molar-refractivity contribution is -0.234. The molecule has 0 bridgehead atoms. The molecule has 4 aliphatic carbocycles. The smallest absolute Gasteiger partial charge is 0.331 e. The summed E-state index contributed by atoms with van der Waals surface area (Å²) < 4.78 is 5.87. The van der Waals surface area contributed by atoms with Crippen molar-refractivity contribution in [1.29, 1.82) is 0 Å². The van der Waals surface area contributed by atoms with Crippen molar-refractivity contribution < 1.29 is 29.6 Å². The van der Waals surface area contributed by atoms with Gasteiger partial charge in [0.15, 0.2) is 0 Å². The van der Waals surface area contributed by atoms with E-state index in [0.717, 1.165) is 36.8 Å². The van der Waals surface area contributed by atoms with Gasteiger partial charge < -0.3 is 20.1 Å². The van der Waals surface area contributed by atoms with Crippen molar-refractivity contribution in [3.8, 4) is 0 Å². The van der Waals surface area contributed by atoms with Crippen molar-refractivity contribution in [1.82, 2.24) is 0 Å². The number of carbonyl (C=O) groups excluding carboxylic acids is 1. The molecule has 6 heteroatoms. The van der Waals surface area contributed by atoms with E-state index < -0.39 is 24.1 Å². The summed E-state index contributed by atoms with van der Waals surface area (Å²) in [5, 5.41) is 32.9. The second-order valence-corrected chi connectivity index (χ2v) is 13.6. The number of aliphatic carboxylic acids is 1. The molecular formula is C31H48O6. The molecule has 0 heterocycles. The Morgan fingerprint density at radius 3 is 2.30 bits per heavy atom. The van der Waals surface area contributed by atoms with Gasteiger partial charge in [0.1, 0.15) is 6.10 Å². The number of ether oxygens (including phenoxy) is 1. The maximum Gasteiger partial charge on any atom is 0.331 e. The number of esters is 1. The quantitative estimate of drug-likeness (QED) is 0.247. The fraction of sp³-hybridized carbons (Fsp3) is 0.806. The summed E-state index contributed by atoms with van der Waals surface area (Å²) in [6, 6.07) is 0. The number of allylic oxidation sites excluding steroid dienone is 2. The lowest BCUT2D eigenvalue weighted by Gasteiger charge is -2.69. The van der Waals surface area contributed by atoms with Crippen LogP contribution in [0, 0.1) is 39.9 Å². The first-order chi connectivity index (χ1) is 17.2. The molecule has 0 radical (unpaired) electrons. The van der Waals surface area contributed by atoms with E-state index in [2.05, 4.69) is 27.7 Å². The standard InChI is InChI=1S/C31H48O6/c1-17(2)9-8-10-20(28(35)36)26-22-15-24(34)27-29(5)13-12-23(33)18(3)21(29)11-14-30(27,6)31(22,7)16-25(26)37-19(4)32/h9,18,21-25,27,33-34H,8,10-16H2,1-7H3,(H,35,36)/t18-,21-,22-,23+,24+,25-,27-,29-,30-,31-/m0/s1. The molecule has 0 spiro atoms. The maximum absolute atomic E-state index is 12.6. The molecule has 208 valence electrons. The molecule has 4 fully saturated rings. The van der Waals surface area contributed by atoms with Crippen LogP contribution in [0.2, 0.25) is 0 Å². The molecule has 0 unspecified atom stereocenters. The van der Waals surface area contributed by atoms with Crippen LogP contribution >= 0.6 is 0 Å². The molecular weight excluding hydrogens is 468 g/mol. The van der Waals surface area contributed by atoms with E-state index in [-0.39, 0.29) is 40.1 Å². The van der Waals surface area contributed by atoms with Crippen molar-refractivity contribution in [2.75, 3.05) is 0 Å². The molecule has 0 aromatic rings. The summed E-state index contributed by atoms with van der Waals surface area (Å²) in [6.07, 6.45) is 6.22. The van der Waals surface area contributed by atoms with Gasteiger partial charge in [-0.25, -0.2) is 4.79 Å². The van der Waals surface area contributed by atoms with Gasteiger partial charge in [-0.05, 0) is 111 Å². The van der Waals surface area contributed by atoms with Crippen molar-refractivity contribution in [3.63, 3.8) is 0 Å². The Morgan fingerprint density at radius 1 is 1.03 bits per heavy atom. The summed E-state index contributed by atoms with van der Waals surface area (Å²) in [5.74, 6) is -0.909. The minimum absolute atomic E-state index is 0.0474. The van der Waals surface area contributed by atoms with E-state index in [9.17, 15) is 24.9 Å². The topological polar surface area (TPSA) is 104 Å².